The third-order valence-corrected chi connectivity index (χ3v) is 7.08. The molecule has 0 aliphatic rings. The molecule has 0 aliphatic carbocycles. The number of sulfonamides is 1. The zero-order valence-electron chi connectivity index (χ0n) is 17.2. The van der Waals surface area contributed by atoms with Crippen LogP contribution in [-0.2, 0) is 33.2 Å². The Morgan fingerprint density at radius 2 is 1.53 bits per heavy atom. The van der Waals surface area contributed by atoms with Crippen LogP contribution in [0, 0.1) is 0 Å². The molecule has 0 aliphatic heterocycles. The average molecular weight is 472 g/mol. The largest absolute Gasteiger partial charge is 0.468 e. The molecule has 0 saturated heterocycles. The summed E-state index contributed by atoms with van der Waals surface area (Å²) < 4.78 is 61.2. The van der Waals surface area contributed by atoms with E-state index in [1.54, 1.807) is 42.5 Å². The highest BCUT2D eigenvalue weighted by molar-refractivity contribution is 7.89. The molecule has 4 rings (SSSR count). The number of fused-ring (bicyclic) bond motifs is 1. The molecule has 1 heterocycles. The highest BCUT2D eigenvalue weighted by atomic mass is 32.2. The number of hydrogen-bond donors (Lipinski definition) is 0. The van der Waals surface area contributed by atoms with Gasteiger partial charge in [0.2, 0.25) is 10.0 Å². The molecule has 4 aromatic rings. The van der Waals surface area contributed by atoms with E-state index in [0.29, 0.717) is 11.3 Å². The van der Waals surface area contributed by atoms with Crippen molar-refractivity contribution in [2.75, 3.05) is 6.26 Å². The summed E-state index contributed by atoms with van der Waals surface area (Å²) in [5.41, 5.74) is 0.668. The molecule has 0 saturated carbocycles. The fourth-order valence-electron chi connectivity index (χ4n) is 3.31. The van der Waals surface area contributed by atoms with E-state index in [2.05, 4.69) is 0 Å². The lowest BCUT2D eigenvalue weighted by Crippen LogP contribution is -2.30. The average Bonchev–Trinajstić information content (AvgIpc) is 3.26. The Hall–Kier alpha value is -3.14. The van der Waals surface area contributed by atoms with Gasteiger partial charge in [0, 0.05) is 6.54 Å². The zero-order chi connectivity index (χ0) is 22.8. The van der Waals surface area contributed by atoms with Gasteiger partial charge in [0.15, 0.2) is 0 Å². The number of benzene rings is 3. The molecular formula is C23H21NO6S2. The zero-order valence-corrected chi connectivity index (χ0v) is 18.8. The van der Waals surface area contributed by atoms with E-state index < -0.39 is 20.1 Å². The van der Waals surface area contributed by atoms with Crippen LogP contribution in [0.15, 0.2) is 94.4 Å². The molecule has 0 atom stereocenters. The number of furan rings is 1. The van der Waals surface area contributed by atoms with Crippen LogP contribution >= 0.6 is 0 Å². The first-order valence-corrected chi connectivity index (χ1v) is 13.0. The van der Waals surface area contributed by atoms with Crippen molar-refractivity contribution in [3.63, 3.8) is 0 Å². The van der Waals surface area contributed by atoms with E-state index in [1.807, 2.05) is 24.3 Å². The summed E-state index contributed by atoms with van der Waals surface area (Å²) in [6.45, 7) is 0.110. The second-order valence-electron chi connectivity index (χ2n) is 7.29. The van der Waals surface area contributed by atoms with Crippen molar-refractivity contribution >= 4 is 30.9 Å². The maximum Gasteiger partial charge on any atom is 0.306 e. The highest BCUT2D eigenvalue weighted by Gasteiger charge is 2.26. The second kappa shape index (κ2) is 8.78. The van der Waals surface area contributed by atoms with Crippen molar-refractivity contribution in [2.45, 2.75) is 18.0 Å². The smallest absolute Gasteiger partial charge is 0.306 e. The van der Waals surface area contributed by atoms with Gasteiger partial charge in [0.05, 0.1) is 24.0 Å². The molecule has 0 unspecified atom stereocenters. The predicted octanol–water partition coefficient (Wildman–Crippen LogP) is 4.16. The molecule has 32 heavy (non-hydrogen) atoms. The minimum Gasteiger partial charge on any atom is -0.468 e. The van der Waals surface area contributed by atoms with Crippen LogP contribution in [0.2, 0.25) is 0 Å². The topological polar surface area (TPSA) is 93.9 Å². The molecule has 0 bridgehead atoms. The van der Waals surface area contributed by atoms with E-state index >= 15 is 0 Å². The molecule has 0 spiro atoms. The van der Waals surface area contributed by atoms with Crippen LogP contribution in [0.1, 0.15) is 11.3 Å². The van der Waals surface area contributed by atoms with Gasteiger partial charge >= 0.3 is 10.1 Å². The molecule has 0 N–H and O–H groups in total. The van der Waals surface area contributed by atoms with Crippen molar-refractivity contribution in [1.29, 1.82) is 0 Å². The Labute approximate surface area is 187 Å². The van der Waals surface area contributed by atoms with Gasteiger partial charge in [0.1, 0.15) is 11.5 Å². The van der Waals surface area contributed by atoms with Gasteiger partial charge in [-0.2, -0.15) is 12.7 Å². The summed E-state index contributed by atoms with van der Waals surface area (Å²) >= 11 is 0. The van der Waals surface area contributed by atoms with Crippen LogP contribution in [0.5, 0.6) is 5.75 Å². The molecule has 0 fully saturated rings. The van der Waals surface area contributed by atoms with Gasteiger partial charge in [-0.15, -0.1) is 0 Å². The number of hydrogen-bond acceptors (Lipinski definition) is 6. The van der Waals surface area contributed by atoms with Crippen molar-refractivity contribution in [2.24, 2.45) is 0 Å². The van der Waals surface area contributed by atoms with Gasteiger partial charge in [0.25, 0.3) is 0 Å². The minimum absolute atomic E-state index is 0.0454. The standard InChI is InChI=1S/C23H21NO6S2/c1-31(25,26)30-21-11-8-18(9-12-21)16-24(17-22-7-4-14-29-22)32(27,28)23-13-10-19-5-2-3-6-20(19)15-23/h2-15H,16-17H2,1H3. The third kappa shape index (κ3) is 5.18. The van der Waals surface area contributed by atoms with Gasteiger partial charge in [-0.3, -0.25) is 0 Å². The Morgan fingerprint density at radius 1 is 0.812 bits per heavy atom. The summed E-state index contributed by atoms with van der Waals surface area (Å²) in [6.07, 6.45) is 2.45. The SMILES string of the molecule is CS(=O)(=O)Oc1ccc(CN(Cc2ccco2)S(=O)(=O)c2ccc3ccccc3c2)cc1. The monoisotopic (exact) mass is 471 g/mol. The van der Waals surface area contributed by atoms with Gasteiger partial charge in [-0.25, -0.2) is 8.42 Å². The summed E-state index contributed by atoms with van der Waals surface area (Å²) in [6, 6.07) is 22.2. The van der Waals surface area contributed by atoms with Crippen LogP contribution in [0.3, 0.4) is 0 Å². The fraction of sp³-hybridized carbons (Fsp3) is 0.130. The highest BCUT2D eigenvalue weighted by Crippen LogP contribution is 2.25. The molecule has 7 nitrogen and oxygen atoms in total. The Morgan fingerprint density at radius 3 is 2.19 bits per heavy atom. The van der Waals surface area contributed by atoms with Gasteiger partial charge < -0.3 is 8.60 Å². The second-order valence-corrected chi connectivity index (χ2v) is 10.8. The Kier molecular flexibility index (Phi) is 6.05. The normalized spacial score (nSPS) is 12.3. The molecule has 166 valence electrons. The van der Waals surface area contributed by atoms with Crippen LogP contribution in [-0.4, -0.2) is 27.4 Å². The van der Waals surface area contributed by atoms with E-state index in [4.69, 9.17) is 8.60 Å². The van der Waals surface area contributed by atoms with Crippen molar-refractivity contribution in [1.82, 2.24) is 4.31 Å². The molecule has 1 aromatic heterocycles. The first kappa shape index (κ1) is 22.1. The first-order valence-electron chi connectivity index (χ1n) is 9.70. The fourth-order valence-corrected chi connectivity index (χ4v) is 5.20. The summed E-state index contributed by atoms with van der Waals surface area (Å²) in [5, 5.41) is 1.78. The van der Waals surface area contributed by atoms with Gasteiger partial charge in [-0.05, 0) is 52.7 Å². The van der Waals surface area contributed by atoms with E-state index in [1.165, 1.54) is 22.7 Å². The Bertz CT molecular complexity index is 1430. The molecule has 0 radical (unpaired) electrons. The lowest BCUT2D eigenvalue weighted by atomic mass is 10.1. The lowest BCUT2D eigenvalue weighted by Gasteiger charge is -2.22. The van der Waals surface area contributed by atoms with E-state index in [9.17, 15) is 16.8 Å². The van der Waals surface area contributed by atoms with Crippen LogP contribution in [0.25, 0.3) is 10.8 Å². The molecular weight excluding hydrogens is 450 g/mol. The lowest BCUT2D eigenvalue weighted by molar-refractivity contribution is 0.358. The third-order valence-electron chi connectivity index (χ3n) is 4.80. The van der Waals surface area contributed by atoms with Crippen molar-refractivity contribution < 1.29 is 25.4 Å². The summed E-state index contributed by atoms with van der Waals surface area (Å²) in [4.78, 5) is 0.180. The maximum absolute atomic E-state index is 13.5. The minimum atomic E-state index is -3.86. The summed E-state index contributed by atoms with van der Waals surface area (Å²) in [5.74, 6) is 0.664. The molecule has 0 amide bonds. The van der Waals surface area contributed by atoms with Crippen LogP contribution < -0.4 is 4.18 Å². The Balaban J connectivity index is 1.66. The summed E-state index contributed by atoms with van der Waals surface area (Å²) in [7, 11) is -7.50. The van der Waals surface area contributed by atoms with Crippen LogP contribution in [0.4, 0.5) is 0 Å². The van der Waals surface area contributed by atoms with Crippen molar-refractivity contribution in [3.05, 3.63) is 96.4 Å². The number of nitrogens with zero attached hydrogens (tertiary/aromatic N) is 1. The molecule has 9 heteroatoms. The maximum atomic E-state index is 13.5. The van der Waals surface area contributed by atoms with Crippen molar-refractivity contribution in [3.8, 4) is 5.75 Å². The quantitative estimate of drug-likeness (QED) is 0.358. The van der Waals surface area contributed by atoms with Gasteiger partial charge in [-0.1, -0.05) is 42.5 Å². The molecule has 3 aromatic carbocycles. The van der Waals surface area contributed by atoms with E-state index in [0.717, 1.165) is 17.0 Å². The number of rotatable bonds is 8. The van der Waals surface area contributed by atoms with E-state index in [-0.39, 0.29) is 23.7 Å². The first-order chi connectivity index (χ1) is 15.2. The predicted molar refractivity (Wildman–Crippen MR) is 121 cm³/mol.